The van der Waals surface area contributed by atoms with E-state index >= 15 is 0 Å². The Kier molecular flexibility index (Phi) is 6.88. The third-order valence-electron chi connectivity index (χ3n) is 5.33. The molecule has 0 bridgehead atoms. The van der Waals surface area contributed by atoms with Crippen LogP contribution in [0.25, 0.3) is 0 Å². The molecule has 0 radical (unpaired) electrons. The fraction of sp³-hybridized carbons (Fsp3) is 0.429. The first-order valence-corrected chi connectivity index (χ1v) is 12.2. The number of rotatable bonds is 7. The molecule has 1 aliphatic rings. The first-order valence-electron chi connectivity index (χ1n) is 9.56. The number of hydrogen-bond acceptors (Lipinski definition) is 4. The maximum Gasteiger partial charge on any atom is 0.233 e. The monoisotopic (exact) mass is 464 g/mol. The molecule has 1 atom stereocenters. The second-order valence-electron chi connectivity index (χ2n) is 7.46. The number of halogens is 1. The van der Waals surface area contributed by atoms with Crippen LogP contribution >= 0.6 is 15.9 Å². The van der Waals surface area contributed by atoms with E-state index in [2.05, 4.69) is 26.2 Å². The fourth-order valence-electron chi connectivity index (χ4n) is 3.79. The minimum absolute atomic E-state index is 0.115. The van der Waals surface area contributed by atoms with Gasteiger partial charge in [-0.1, -0.05) is 43.9 Å². The molecule has 1 saturated carbocycles. The van der Waals surface area contributed by atoms with Gasteiger partial charge in [-0.15, -0.1) is 0 Å². The Morgan fingerprint density at radius 2 is 1.86 bits per heavy atom. The number of nitrogens with zero attached hydrogens (tertiary/aromatic N) is 1. The van der Waals surface area contributed by atoms with Crippen LogP contribution in [0, 0.1) is 5.92 Å². The lowest BCUT2D eigenvalue weighted by Gasteiger charge is -2.19. The van der Waals surface area contributed by atoms with E-state index < -0.39 is 9.84 Å². The van der Waals surface area contributed by atoms with Crippen LogP contribution in [-0.2, 0) is 14.6 Å². The SMILES string of the molecule is CS(=O)(=O)c1ccc([C@@H](CCC2CCCC2)C(=O)Nc2cccc(Br)n2)cc1. The van der Waals surface area contributed by atoms with Gasteiger partial charge >= 0.3 is 0 Å². The van der Waals surface area contributed by atoms with Gasteiger partial charge in [-0.2, -0.15) is 0 Å². The highest BCUT2D eigenvalue weighted by Crippen LogP contribution is 2.33. The Hall–Kier alpha value is -1.73. The number of hydrogen-bond donors (Lipinski definition) is 1. The molecule has 1 fully saturated rings. The summed E-state index contributed by atoms with van der Waals surface area (Å²) in [6, 6.07) is 12.0. The van der Waals surface area contributed by atoms with Crippen LogP contribution < -0.4 is 5.32 Å². The molecule has 1 amide bonds. The third kappa shape index (κ3) is 5.64. The summed E-state index contributed by atoms with van der Waals surface area (Å²) in [5.74, 6) is 0.721. The summed E-state index contributed by atoms with van der Waals surface area (Å²) in [4.78, 5) is 17.6. The van der Waals surface area contributed by atoms with E-state index in [1.807, 2.05) is 6.07 Å². The standard InChI is InChI=1S/C21H25BrN2O3S/c1-28(26,27)17-12-10-16(11-13-17)18(14-9-15-5-2-3-6-15)21(25)24-20-8-4-7-19(22)23-20/h4,7-8,10-13,15,18H,2-3,5-6,9,14H2,1H3,(H,23,24,25)/t18-/m1/s1. The molecule has 2 aromatic rings. The van der Waals surface area contributed by atoms with Crippen LogP contribution in [-0.4, -0.2) is 25.6 Å². The maximum absolute atomic E-state index is 13.0. The van der Waals surface area contributed by atoms with Crippen molar-refractivity contribution < 1.29 is 13.2 Å². The predicted molar refractivity (Wildman–Crippen MR) is 114 cm³/mol. The number of pyridine rings is 1. The molecule has 1 heterocycles. The second-order valence-corrected chi connectivity index (χ2v) is 10.3. The Bertz CT molecular complexity index is 923. The van der Waals surface area contributed by atoms with Gasteiger partial charge in [-0.25, -0.2) is 13.4 Å². The summed E-state index contributed by atoms with van der Waals surface area (Å²) in [5.41, 5.74) is 0.831. The van der Waals surface area contributed by atoms with Gasteiger partial charge in [-0.05, 0) is 64.5 Å². The molecule has 0 unspecified atom stereocenters. The van der Waals surface area contributed by atoms with E-state index in [4.69, 9.17) is 0 Å². The number of aromatic nitrogens is 1. The van der Waals surface area contributed by atoms with Gasteiger partial charge in [0.05, 0.1) is 10.8 Å². The van der Waals surface area contributed by atoms with Gasteiger partial charge < -0.3 is 5.32 Å². The minimum Gasteiger partial charge on any atom is -0.310 e. The number of carbonyl (C=O) groups is 1. The van der Waals surface area contributed by atoms with Crippen molar-refractivity contribution in [3.8, 4) is 0 Å². The van der Waals surface area contributed by atoms with Crippen LogP contribution in [0.5, 0.6) is 0 Å². The molecule has 28 heavy (non-hydrogen) atoms. The third-order valence-corrected chi connectivity index (χ3v) is 6.90. The summed E-state index contributed by atoms with van der Waals surface area (Å²) in [6.45, 7) is 0. The zero-order valence-electron chi connectivity index (χ0n) is 15.9. The van der Waals surface area contributed by atoms with E-state index in [0.29, 0.717) is 16.3 Å². The second kappa shape index (κ2) is 9.18. The Morgan fingerprint density at radius 3 is 2.46 bits per heavy atom. The zero-order valence-corrected chi connectivity index (χ0v) is 18.3. The van der Waals surface area contributed by atoms with Crippen molar-refractivity contribution in [3.63, 3.8) is 0 Å². The largest absolute Gasteiger partial charge is 0.310 e. The lowest BCUT2D eigenvalue weighted by molar-refractivity contribution is -0.117. The lowest BCUT2D eigenvalue weighted by atomic mass is 9.89. The molecule has 150 valence electrons. The Labute approximate surface area is 175 Å². The fourth-order valence-corrected chi connectivity index (χ4v) is 4.76. The topological polar surface area (TPSA) is 76.1 Å². The number of carbonyl (C=O) groups excluding carboxylic acids is 1. The first-order chi connectivity index (χ1) is 13.3. The van der Waals surface area contributed by atoms with Crippen LogP contribution in [0.1, 0.15) is 50.0 Å². The summed E-state index contributed by atoms with van der Waals surface area (Å²) < 4.78 is 24.1. The minimum atomic E-state index is -3.26. The maximum atomic E-state index is 13.0. The smallest absolute Gasteiger partial charge is 0.233 e. The van der Waals surface area contributed by atoms with Crippen molar-refractivity contribution in [1.29, 1.82) is 0 Å². The molecule has 0 saturated heterocycles. The van der Waals surface area contributed by atoms with Gasteiger partial charge in [0.25, 0.3) is 0 Å². The van der Waals surface area contributed by atoms with Crippen molar-refractivity contribution in [3.05, 3.63) is 52.6 Å². The molecule has 5 nitrogen and oxygen atoms in total. The Morgan fingerprint density at radius 1 is 1.18 bits per heavy atom. The molecule has 1 N–H and O–H groups in total. The van der Waals surface area contributed by atoms with Crippen molar-refractivity contribution in [2.45, 2.75) is 49.3 Å². The summed E-state index contributed by atoms with van der Waals surface area (Å²) >= 11 is 3.32. The average molecular weight is 465 g/mol. The molecule has 1 aliphatic carbocycles. The van der Waals surface area contributed by atoms with Gasteiger partial charge in [-0.3, -0.25) is 4.79 Å². The number of nitrogens with one attached hydrogen (secondary N) is 1. The van der Waals surface area contributed by atoms with E-state index in [-0.39, 0.29) is 16.7 Å². The molecule has 0 spiro atoms. The van der Waals surface area contributed by atoms with Crippen LogP contribution in [0.3, 0.4) is 0 Å². The highest BCUT2D eigenvalue weighted by molar-refractivity contribution is 9.10. The molecule has 1 aromatic heterocycles. The van der Waals surface area contributed by atoms with E-state index in [0.717, 1.165) is 18.4 Å². The lowest BCUT2D eigenvalue weighted by Crippen LogP contribution is -2.22. The van der Waals surface area contributed by atoms with E-state index in [1.54, 1.807) is 36.4 Å². The average Bonchev–Trinajstić information content (AvgIpc) is 3.15. The zero-order chi connectivity index (χ0) is 20.1. The molecule has 1 aromatic carbocycles. The van der Waals surface area contributed by atoms with Crippen LogP contribution in [0.2, 0.25) is 0 Å². The highest BCUT2D eigenvalue weighted by atomic mass is 79.9. The molecule has 7 heteroatoms. The van der Waals surface area contributed by atoms with E-state index in [1.165, 1.54) is 31.9 Å². The normalized spacial score (nSPS) is 16.1. The van der Waals surface area contributed by atoms with Crippen molar-refractivity contribution in [2.24, 2.45) is 5.92 Å². The molecule has 0 aliphatic heterocycles. The summed E-state index contributed by atoms with van der Waals surface area (Å²) in [7, 11) is -3.26. The molecule has 3 rings (SSSR count). The van der Waals surface area contributed by atoms with Gasteiger partial charge in [0.15, 0.2) is 9.84 Å². The molecular formula is C21H25BrN2O3S. The predicted octanol–water partition coefficient (Wildman–Crippen LogP) is 4.94. The summed E-state index contributed by atoms with van der Waals surface area (Å²) in [6.07, 6.45) is 7.92. The van der Waals surface area contributed by atoms with Crippen molar-refractivity contribution >= 4 is 37.5 Å². The van der Waals surface area contributed by atoms with E-state index in [9.17, 15) is 13.2 Å². The van der Waals surface area contributed by atoms with Gasteiger partial charge in [0, 0.05) is 6.26 Å². The number of amides is 1. The number of benzene rings is 1. The summed E-state index contributed by atoms with van der Waals surface area (Å²) in [5, 5.41) is 2.90. The quantitative estimate of drug-likeness (QED) is 0.588. The first kappa shape index (κ1) is 21.0. The Balaban J connectivity index is 1.80. The molecular weight excluding hydrogens is 440 g/mol. The number of sulfone groups is 1. The van der Waals surface area contributed by atoms with Crippen molar-refractivity contribution in [2.75, 3.05) is 11.6 Å². The van der Waals surface area contributed by atoms with Crippen LogP contribution in [0.4, 0.5) is 5.82 Å². The van der Waals surface area contributed by atoms with Gasteiger partial charge in [0.2, 0.25) is 5.91 Å². The van der Waals surface area contributed by atoms with Crippen molar-refractivity contribution in [1.82, 2.24) is 4.98 Å². The van der Waals surface area contributed by atoms with Crippen LogP contribution in [0.15, 0.2) is 52.0 Å². The number of anilines is 1. The highest BCUT2D eigenvalue weighted by Gasteiger charge is 2.24. The van der Waals surface area contributed by atoms with Gasteiger partial charge in [0.1, 0.15) is 10.4 Å².